The largest absolute Gasteiger partial charge is 0.470 e. The van der Waals surface area contributed by atoms with Gasteiger partial charge in [0.15, 0.2) is 0 Å². The van der Waals surface area contributed by atoms with E-state index in [9.17, 15) is 8.42 Å². The Bertz CT molecular complexity index is 515. The molecule has 0 aliphatic carbocycles. The number of halogens is 1. The quantitative estimate of drug-likeness (QED) is 0.862. The average molecular weight is 276 g/mol. The number of anilines is 1. The van der Waals surface area contributed by atoms with Gasteiger partial charge in [-0.1, -0.05) is 6.07 Å². The van der Waals surface area contributed by atoms with Gasteiger partial charge in [0.05, 0.1) is 5.69 Å². The summed E-state index contributed by atoms with van der Waals surface area (Å²) in [6.45, 7) is 1.93. The molecule has 0 bridgehead atoms. The minimum Gasteiger partial charge on any atom is -0.470 e. The van der Waals surface area contributed by atoms with Crippen molar-refractivity contribution in [3.05, 3.63) is 23.8 Å². The van der Waals surface area contributed by atoms with Crippen LogP contribution in [0.1, 0.15) is 18.4 Å². The Kier molecular flexibility index (Phi) is 3.49. The zero-order valence-corrected chi connectivity index (χ0v) is 11.0. The predicted molar refractivity (Wildman–Crippen MR) is 68.1 cm³/mol. The van der Waals surface area contributed by atoms with Crippen LogP contribution in [0.2, 0.25) is 0 Å². The summed E-state index contributed by atoms with van der Waals surface area (Å²) in [7, 11) is -3.45. The van der Waals surface area contributed by atoms with Crippen molar-refractivity contribution in [1.82, 2.24) is 0 Å². The van der Waals surface area contributed by atoms with Crippen molar-refractivity contribution in [2.24, 2.45) is 0 Å². The maximum atomic E-state index is 11.9. The number of alkyl halides is 1. The van der Waals surface area contributed by atoms with Crippen LogP contribution in [-0.2, 0) is 10.0 Å². The van der Waals surface area contributed by atoms with E-state index in [2.05, 4.69) is 4.72 Å². The van der Waals surface area contributed by atoms with Gasteiger partial charge in [0.2, 0.25) is 5.44 Å². The maximum Gasteiger partial charge on any atom is 0.271 e. The van der Waals surface area contributed by atoms with Crippen molar-refractivity contribution < 1.29 is 13.2 Å². The van der Waals surface area contributed by atoms with Gasteiger partial charge in [0.1, 0.15) is 5.75 Å². The van der Waals surface area contributed by atoms with E-state index in [4.69, 9.17) is 16.3 Å². The van der Waals surface area contributed by atoms with E-state index >= 15 is 0 Å². The zero-order chi connectivity index (χ0) is 12.5. The van der Waals surface area contributed by atoms with Crippen LogP contribution in [0.25, 0.3) is 0 Å². The van der Waals surface area contributed by atoms with Gasteiger partial charge in [-0.05, 0) is 31.0 Å². The minimum atomic E-state index is -3.45. The smallest absolute Gasteiger partial charge is 0.271 e. The first-order valence-corrected chi connectivity index (χ1v) is 7.46. The molecule has 0 spiro atoms. The van der Waals surface area contributed by atoms with Crippen LogP contribution in [0.4, 0.5) is 5.69 Å². The number of fused-ring (bicyclic) bond motifs is 1. The summed E-state index contributed by atoms with van der Waals surface area (Å²) in [5, 5.41) is 0. The van der Waals surface area contributed by atoms with Crippen molar-refractivity contribution >= 4 is 27.3 Å². The SMILES string of the molecule is Cc1ccc2c(c1)OC(CCCCl)S(=O)(=O)N2. The Morgan fingerprint density at radius 3 is 2.94 bits per heavy atom. The Morgan fingerprint density at radius 1 is 1.47 bits per heavy atom. The third kappa shape index (κ3) is 2.66. The average Bonchev–Trinajstić information content (AvgIpc) is 2.26. The number of ether oxygens (including phenoxy) is 1. The molecule has 1 atom stereocenters. The molecule has 17 heavy (non-hydrogen) atoms. The summed E-state index contributed by atoms with van der Waals surface area (Å²) in [5.41, 5.74) is 0.675. The Hall–Kier alpha value is -0.940. The molecule has 0 saturated carbocycles. The van der Waals surface area contributed by atoms with Gasteiger partial charge < -0.3 is 4.74 Å². The molecule has 1 heterocycles. The van der Waals surface area contributed by atoms with E-state index < -0.39 is 15.5 Å². The fraction of sp³-hybridized carbons (Fsp3) is 0.455. The number of sulfonamides is 1. The van der Waals surface area contributed by atoms with E-state index in [0.29, 0.717) is 30.2 Å². The first kappa shape index (κ1) is 12.5. The molecule has 4 nitrogen and oxygen atoms in total. The monoisotopic (exact) mass is 275 g/mol. The zero-order valence-electron chi connectivity index (χ0n) is 9.44. The first-order valence-electron chi connectivity index (χ1n) is 5.38. The van der Waals surface area contributed by atoms with Crippen molar-refractivity contribution in [1.29, 1.82) is 0 Å². The topological polar surface area (TPSA) is 55.4 Å². The molecule has 1 aliphatic rings. The lowest BCUT2D eigenvalue weighted by atomic mass is 10.2. The van der Waals surface area contributed by atoms with Crippen LogP contribution < -0.4 is 9.46 Å². The first-order chi connectivity index (χ1) is 8.03. The third-order valence-electron chi connectivity index (χ3n) is 2.57. The van der Waals surface area contributed by atoms with Crippen molar-refractivity contribution in [3.63, 3.8) is 0 Å². The number of hydrogen-bond acceptors (Lipinski definition) is 3. The highest BCUT2D eigenvalue weighted by molar-refractivity contribution is 7.93. The van der Waals surface area contributed by atoms with E-state index in [1.165, 1.54) is 0 Å². The predicted octanol–water partition coefficient (Wildman–Crippen LogP) is 2.47. The molecule has 1 aromatic carbocycles. The summed E-state index contributed by atoms with van der Waals surface area (Å²) in [6.07, 6.45) is 1.00. The van der Waals surface area contributed by atoms with Crippen LogP contribution >= 0.6 is 11.6 Å². The Balaban J connectivity index is 2.29. The van der Waals surface area contributed by atoms with Gasteiger partial charge in [0, 0.05) is 12.3 Å². The number of aryl methyl sites for hydroxylation is 1. The molecule has 6 heteroatoms. The highest BCUT2D eigenvalue weighted by Gasteiger charge is 2.32. The lowest BCUT2D eigenvalue weighted by Crippen LogP contribution is -2.36. The van der Waals surface area contributed by atoms with Crippen LogP contribution in [0.15, 0.2) is 18.2 Å². The molecule has 1 aromatic rings. The summed E-state index contributed by atoms with van der Waals surface area (Å²) in [6, 6.07) is 5.37. The third-order valence-corrected chi connectivity index (χ3v) is 4.36. The number of rotatable bonds is 3. The summed E-state index contributed by atoms with van der Waals surface area (Å²) >= 11 is 5.57. The van der Waals surface area contributed by atoms with Crippen molar-refractivity contribution in [2.75, 3.05) is 10.6 Å². The van der Waals surface area contributed by atoms with Crippen LogP contribution in [0, 0.1) is 6.92 Å². The molecule has 0 fully saturated rings. The highest BCUT2D eigenvalue weighted by Crippen LogP contribution is 2.34. The number of nitrogens with one attached hydrogen (secondary N) is 1. The molecule has 0 amide bonds. The molecule has 0 radical (unpaired) electrons. The lowest BCUT2D eigenvalue weighted by Gasteiger charge is -2.27. The fourth-order valence-corrected chi connectivity index (χ4v) is 3.16. The molecule has 1 N–H and O–H groups in total. The van der Waals surface area contributed by atoms with Gasteiger partial charge in [-0.3, -0.25) is 4.72 Å². The van der Waals surface area contributed by atoms with Gasteiger partial charge >= 0.3 is 0 Å². The molecule has 1 unspecified atom stereocenters. The van der Waals surface area contributed by atoms with E-state index in [-0.39, 0.29) is 0 Å². The standard InChI is InChI=1S/C11H14ClNO3S/c1-8-4-5-9-10(7-8)16-11(3-2-6-12)17(14,15)13-9/h4-5,7,11,13H,2-3,6H2,1H3. The van der Waals surface area contributed by atoms with E-state index in [0.717, 1.165) is 5.56 Å². The van der Waals surface area contributed by atoms with Gasteiger partial charge in [0.25, 0.3) is 10.0 Å². The normalized spacial score (nSPS) is 21.2. The van der Waals surface area contributed by atoms with Gasteiger partial charge in [-0.15, -0.1) is 11.6 Å². The van der Waals surface area contributed by atoms with Crippen molar-refractivity contribution in [3.8, 4) is 5.75 Å². The molecule has 0 aromatic heterocycles. The Morgan fingerprint density at radius 2 is 2.24 bits per heavy atom. The fourth-order valence-electron chi connectivity index (χ4n) is 1.69. The van der Waals surface area contributed by atoms with Crippen LogP contribution in [0.5, 0.6) is 5.75 Å². The molecular formula is C11H14ClNO3S. The van der Waals surface area contributed by atoms with Crippen molar-refractivity contribution in [2.45, 2.75) is 25.2 Å². The molecule has 94 valence electrons. The molecule has 0 saturated heterocycles. The minimum absolute atomic E-state index is 0.395. The molecule has 2 rings (SSSR count). The highest BCUT2D eigenvalue weighted by atomic mass is 35.5. The maximum absolute atomic E-state index is 11.9. The second-order valence-corrected chi connectivity index (χ2v) is 6.22. The second kappa shape index (κ2) is 4.74. The molecular weight excluding hydrogens is 262 g/mol. The number of benzene rings is 1. The van der Waals surface area contributed by atoms with E-state index in [1.54, 1.807) is 6.07 Å². The number of hydrogen-bond donors (Lipinski definition) is 1. The second-order valence-electron chi connectivity index (χ2n) is 4.03. The van der Waals surface area contributed by atoms with E-state index in [1.807, 2.05) is 19.1 Å². The lowest BCUT2D eigenvalue weighted by molar-refractivity contribution is 0.259. The Labute approximate surface area is 106 Å². The van der Waals surface area contributed by atoms with Gasteiger partial charge in [-0.25, -0.2) is 8.42 Å². The van der Waals surface area contributed by atoms with Crippen LogP contribution in [-0.4, -0.2) is 19.7 Å². The van der Waals surface area contributed by atoms with Crippen LogP contribution in [0.3, 0.4) is 0 Å². The summed E-state index contributed by atoms with van der Waals surface area (Å²) in [4.78, 5) is 0. The summed E-state index contributed by atoms with van der Waals surface area (Å²) in [5.74, 6) is 1.01. The summed E-state index contributed by atoms with van der Waals surface area (Å²) < 4.78 is 31.8. The molecule has 1 aliphatic heterocycles. The van der Waals surface area contributed by atoms with Gasteiger partial charge in [-0.2, -0.15) is 0 Å².